The smallest absolute Gasteiger partial charge is 0.326 e. The molecule has 0 rings (SSSR count). The number of Topliss-reactive ketones (excluding diaryl/α,β-unsaturated/α-hetero) is 2. The number of nitrogens with one attached hydrogen (secondary N) is 1. The van der Waals surface area contributed by atoms with E-state index in [-0.39, 0.29) is 30.8 Å². The van der Waals surface area contributed by atoms with E-state index in [1.807, 2.05) is 26.3 Å². The molecule has 41 heavy (non-hydrogen) atoms. The van der Waals surface area contributed by atoms with Crippen molar-refractivity contribution in [3.63, 3.8) is 0 Å². The molecule has 0 aromatic heterocycles. The van der Waals surface area contributed by atoms with Crippen molar-refractivity contribution < 1.29 is 33.9 Å². The molecule has 0 aliphatic rings. The van der Waals surface area contributed by atoms with E-state index >= 15 is 0 Å². The second-order valence-corrected chi connectivity index (χ2v) is 13.3. The summed E-state index contributed by atoms with van der Waals surface area (Å²) < 4.78 is 10.5. The second kappa shape index (κ2) is 22.8. The lowest BCUT2D eigenvalue weighted by atomic mass is 10.0. The fourth-order valence-electron chi connectivity index (χ4n) is 4.58. The van der Waals surface area contributed by atoms with Crippen LogP contribution in [0.15, 0.2) is 0 Å². The van der Waals surface area contributed by atoms with Gasteiger partial charge in [0.2, 0.25) is 0 Å². The van der Waals surface area contributed by atoms with E-state index < -0.39 is 29.2 Å². The van der Waals surface area contributed by atoms with Gasteiger partial charge in [0.25, 0.3) is 0 Å². The molecule has 8 nitrogen and oxygen atoms in total. The number of ketones is 2. The van der Waals surface area contributed by atoms with E-state index in [1.165, 1.54) is 64.2 Å². The maximum absolute atomic E-state index is 12.1. The fraction of sp³-hybridized carbons (Fsp3) is 0.879. The molecule has 0 spiro atoms. The van der Waals surface area contributed by atoms with Crippen molar-refractivity contribution >= 4 is 23.5 Å². The first-order valence-corrected chi connectivity index (χ1v) is 16.2. The molecular formula is C33H61NO7. The highest BCUT2D eigenvalue weighted by molar-refractivity contribution is 6.37. The number of carbonyl (C=O) groups is 4. The predicted molar refractivity (Wildman–Crippen MR) is 163 cm³/mol. The third-order valence-electron chi connectivity index (χ3n) is 6.77. The molecule has 1 atom stereocenters. The first kappa shape index (κ1) is 39.2. The molecule has 0 saturated heterocycles. The van der Waals surface area contributed by atoms with E-state index in [0.717, 1.165) is 32.1 Å². The molecule has 0 radical (unpaired) electrons. The molecule has 0 saturated carbocycles. The van der Waals surface area contributed by atoms with Gasteiger partial charge in [0.15, 0.2) is 11.6 Å². The quantitative estimate of drug-likeness (QED) is 0.0481. The van der Waals surface area contributed by atoms with Crippen molar-refractivity contribution in [2.24, 2.45) is 0 Å². The maximum Gasteiger partial charge on any atom is 0.326 e. The Morgan fingerprint density at radius 3 is 1.24 bits per heavy atom. The summed E-state index contributed by atoms with van der Waals surface area (Å²) >= 11 is 0. The standard InChI is InChI=1S/C33H61NO7/c1-32(2,3)40-30(37)24-22-20-18-16-14-12-10-8-7-9-11-13-15-17-19-21-23-28(35)29(36)26-25-27(34-39)31(38)41-33(4,5)6/h27,34,39H,7-26H2,1-6H3/t27-/m0/s1. The van der Waals surface area contributed by atoms with Gasteiger partial charge in [-0.05, 0) is 60.8 Å². The second-order valence-electron chi connectivity index (χ2n) is 13.3. The molecule has 0 unspecified atom stereocenters. The average molecular weight is 584 g/mol. The Morgan fingerprint density at radius 2 is 0.878 bits per heavy atom. The van der Waals surface area contributed by atoms with Gasteiger partial charge in [-0.3, -0.25) is 19.2 Å². The zero-order valence-corrected chi connectivity index (χ0v) is 27.1. The Kier molecular flexibility index (Phi) is 21.8. The largest absolute Gasteiger partial charge is 0.460 e. The van der Waals surface area contributed by atoms with Gasteiger partial charge in [-0.15, -0.1) is 0 Å². The Balaban J connectivity index is 3.54. The number of carbonyl (C=O) groups excluding carboxylic acids is 4. The zero-order valence-electron chi connectivity index (χ0n) is 27.1. The van der Waals surface area contributed by atoms with Gasteiger partial charge >= 0.3 is 11.9 Å². The number of hydroxylamine groups is 1. The maximum atomic E-state index is 12.1. The summed E-state index contributed by atoms with van der Waals surface area (Å²) in [6.07, 6.45) is 19.3. The summed E-state index contributed by atoms with van der Waals surface area (Å²) in [5.41, 5.74) is 0.802. The van der Waals surface area contributed by atoms with E-state index in [9.17, 15) is 24.4 Å². The topological polar surface area (TPSA) is 119 Å². The van der Waals surface area contributed by atoms with Crippen molar-refractivity contribution in [2.75, 3.05) is 0 Å². The van der Waals surface area contributed by atoms with Crippen molar-refractivity contribution in [3.8, 4) is 0 Å². The average Bonchev–Trinajstić information content (AvgIpc) is 2.85. The lowest BCUT2D eigenvalue weighted by molar-refractivity contribution is -0.161. The van der Waals surface area contributed by atoms with Gasteiger partial charge in [-0.1, -0.05) is 89.9 Å². The monoisotopic (exact) mass is 583 g/mol. The Morgan fingerprint density at radius 1 is 0.537 bits per heavy atom. The Hall–Kier alpha value is -1.80. The fourth-order valence-corrected chi connectivity index (χ4v) is 4.58. The van der Waals surface area contributed by atoms with Gasteiger partial charge in [-0.25, -0.2) is 0 Å². The van der Waals surface area contributed by atoms with Crippen LogP contribution in [0.2, 0.25) is 0 Å². The molecule has 0 aliphatic carbocycles. The highest BCUT2D eigenvalue weighted by Crippen LogP contribution is 2.16. The van der Waals surface area contributed by atoms with E-state index in [1.54, 1.807) is 20.8 Å². The third-order valence-corrected chi connectivity index (χ3v) is 6.77. The van der Waals surface area contributed by atoms with Gasteiger partial charge < -0.3 is 14.7 Å². The number of hydrogen-bond acceptors (Lipinski definition) is 8. The van der Waals surface area contributed by atoms with Crippen LogP contribution in [-0.2, 0) is 28.7 Å². The minimum absolute atomic E-state index is 0.0225. The summed E-state index contributed by atoms with van der Waals surface area (Å²) in [6.45, 7) is 10.9. The summed E-state index contributed by atoms with van der Waals surface area (Å²) in [7, 11) is 0. The minimum atomic E-state index is -1.02. The number of ether oxygens (including phenoxy) is 2. The summed E-state index contributed by atoms with van der Waals surface area (Å²) in [6, 6.07) is -1.02. The van der Waals surface area contributed by atoms with Crippen LogP contribution in [0.4, 0.5) is 0 Å². The SMILES string of the molecule is CC(C)(C)OC(=O)CCCCCCCCCCCCCCCCCCC(=O)C(=O)CC[C@H](NO)C(=O)OC(C)(C)C. The first-order valence-electron chi connectivity index (χ1n) is 16.2. The van der Waals surface area contributed by atoms with Gasteiger partial charge in [0.1, 0.15) is 17.2 Å². The van der Waals surface area contributed by atoms with E-state index in [4.69, 9.17) is 9.47 Å². The molecular weight excluding hydrogens is 522 g/mol. The highest BCUT2D eigenvalue weighted by atomic mass is 16.6. The van der Waals surface area contributed by atoms with Crippen molar-refractivity contribution in [1.29, 1.82) is 0 Å². The Bertz CT molecular complexity index is 737. The summed E-state index contributed by atoms with van der Waals surface area (Å²) in [4.78, 5) is 47.9. The predicted octanol–water partition coefficient (Wildman–Crippen LogP) is 7.96. The number of esters is 2. The van der Waals surface area contributed by atoms with Crippen LogP contribution < -0.4 is 5.48 Å². The van der Waals surface area contributed by atoms with Crippen LogP contribution in [0.5, 0.6) is 0 Å². The van der Waals surface area contributed by atoms with Crippen LogP contribution in [-0.4, -0.2) is 46.0 Å². The van der Waals surface area contributed by atoms with E-state index in [0.29, 0.717) is 12.8 Å². The van der Waals surface area contributed by atoms with Gasteiger partial charge in [-0.2, -0.15) is 5.48 Å². The molecule has 0 aliphatic heterocycles. The lowest BCUT2D eigenvalue weighted by Crippen LogP contribution is -2.40. The van der Waals surface area contributed by atoms with Gasteiger partial charge in [0, 0.05) is 19.3 Å². The number of unbranched alkanes of at least 4 members (excludes halogenated alkanes) is 15. The van der Waals surface area contributed by atoms with Gasteiger partial charge in [0.05, 0.1) is 0 Å². The van der Waals surface area contributed by atoms with Crippen molar-refractivity contribution in [3.05, 3.63) is 0 Å². The summed E-state index contributed by atoms with van der Waals surface area (Å²) in [5.74, 6) is -1.62. The van der Waals surface area contributed by atoms with Crippen LogP contribution in [0, 0.1) is 0 Å². The van der Waals surface area contributed by atoms with Crippen LogP contribution in [0.3, 0.4) is 0 Å². The molecule has 0 amide bonds. The normalized spacial score (nSPS) is 12.7. The van der Waals surface area contributed by atoms with E-state index in [2.05, 4.69) is 0 Å². The molecule has 240 valence electrons. The zero-order chi connectivity index (χ0) is 31.2. The third kappa shape index (κ3) is 25.6. The number of rotatable bonds is 25. The molecule has 8 heteroatoms. The van der Waals surface area contributed by atoms with Crippen LogP contribution in [0.25, 0.3) is 0 Å². The van der Waals surface area contributed by atoms with Crippen molar-refractivity contribution in [1.82, 2.24) is 5.48 Å². The molecule has 0 aromatic rings. The molecule has 0 fully saturated rings. The number of hydrogen-bond donors (Lipinski definition) is 2. The lowest BCUT2D eigenvalue weighted by Gasteiger charge is -2.23. The minimum Gasteiger partial charge on any atom is -0.460 e. The highest BCUT2D eigenvalue weighted by Gasteiger charge is 2.26. The van der Waals surface area contributed by atoms with Crippen molar-refractivity contribution in [2.45, 2.75) is 187 Å². The van der Waals surface area contributed by atoms with Crippen LogP contribution in [0.1, 0.15) is 170 Å². The molecule has 0 heterocycles. The first-order chi connectivity index (χ1) is 19.2. The molecule has 0 aromatic carbocycles. The molecule has 0 bridgehead atoms. The molecule has 2 N–H and O–H groups in total. The Labute approximate surface area is 250 Å². The van der Waals surface area contributed by atoms with Crippen LogP contribution >= 0.6 is 0 Å². The summed E-state index contributed by atoms with van der Waals surface area (Å²) in [5, 5.41) is 9.19.